The van der Waals surface area contributed by atoms with Gasteiger partial charge in [-0.1, -0.05) is 6.92 Å². The van der Waals surface area contributed by atoms with Crippen molar-refractivity contribution in [1.29, 1.82) is 0 Å². The molecule has 1 rings (SSSR count). The number of aliphatic hydroxyl groups excluding tert-OH is 1. The maximum absolute atomic E-state index is 10.5. The van der Waals surface area contributed by atoms with Gasteiger partial charge in [0.25, 0.3) is 0 Å². The van der Waals surface area contributed by atoms with Crippen molar-refractivity contribution in [2.24, 2.45) is 5.92 Å². The Labute approximate surface area is 77.4 Å². The van der Waals surface area contributed by atoms with Crippen molar-refractivity contribution in [3.8, 4) is 0 Å². The minimum Gasteiger partial charge on any atom is -0.480 e. The highest BCUT2D eigenvalue weighted by Crippen LogP contribution is 2.19. The van der Waals surface area contributed by atoms with E-state index in [1.807, 2.05) is 6.92 Å². The van der Waals surface area contributed by atoms with Crippen LogP contribution in [-0.2, 0) is 4.79 Å². The molecule has 4 nitrogen and oxygen atoms in total. The average molecular weight is 196 g/mol. The lowest BCUT2D eigenvalue weighted by Crippen LogP contribution is -2.35. The minimum absolute atomic E-state index is 0. The lowest BCUT2D eigenvalue weighted by molar-refractivity contribution is -0.140. The Morgan fingerprint density at radius 2 is 2.25 bits per heavy atom. The summed E-state index contributed by atoms with van der Waals surface area (Å²) < 4.78 is 0. The molecule has 0 aliphatic carbocycles. The smallest absolute Gasteiger partial charge is 0.321 e. The van der Waals surface area contributed by atoms with Gasteiger partial charge >= 0.3 is 5.97 Å². The number of β-amino-alcohol motifs (C(OH)–C–C–N with tert-alkyl or cyclic N) is 1. The van der Waals surface area contributed by atoms with E-state index in [0.29, 0.717) is 13.0 Å². The van der Waals surface area contributed by atoms with Gasteiger partial charge in [0.1, 0.15) is 6.04 Å². The van der Waals surface area contributed by atoms with Gasteiger partial charge in [-0.15, -0.1) is 12.4 Å². The summed E-state index contributed by atoms with van der Waals surface area (Å²) in [4.78, 5) is 10.5. The van der Waals surface area contributed by atoms with E-state index >= 15 is 0 Å². The van der Waals surface area contributed by atoms with Crippen LogP contribution in [0, 0.1) is 5.92 Å². The number of halogens is 1. The molecule has 1 aliphatic heterocycles. The number of aliphatic hydroxyl groups is 1. The van der Waals surface area contributed by atoms with Crippen molar-refractivity contribution >= 4 is 18.4 Å². The molecule has 1 aliphatic rings. The van der Waals surface area contributed by atoms with E-state index in [4.69, 9.17) is 5.11 Å². The van der Waals surface area contributed by atoms with E-state index in [9.17, 15) is 9.90 Å². The first-order chi connectivity index (χ1) is 5.16. The van der Waals surface area contributed by atoms with Crippen molar-refractivity contribution < 1.29 is 15.0 Å². The molecule has 3 atom stereocenters. The molecule has 12 heavy (non-hydrogen) atoms. The molecule has 0 radical (unpaired) electrons. The van der Waals surface area contributed by atoms with Gasteiger partial charge in [-0.25, -0.2) is 0 Å². The number of carboxylic acids is 1. The summed E-state index contributed by atoms with van der Waals surface area (Å²) >= 11 is 0. The summed E-state index contributed by atoms with van der Waals surface area (Å²) in [5.74, 6) is -0.999. The summed E-state index contributed by atoms with van der Waals surface area (Å²) in [6, 6.07) is -0.560. The van der Waals surface area contributed by atoms with Gasteiger partial charge < -0.3 is 15.5 Å². The highest BCUT2D eigenvalue weighted by atomic mass is 35.5. The largest absolute Gasteiger partial charge is 0.480 e. The number of carbonyl (C=O) groups is 1. The molecule has 3 N–H and O–H groups in total. The Kier molecular flexibility index (Phi) is 4.52. The summed E-state index contributed by atoms with van der Waals surface area (Å²) in [6.45, 7) is 2.28. The van der Waals surface area contributed by atoms with Crippen molar-refractivity contribution in [2.45, 2.75) is 25.5 Å². The Hall–Kier alpha value is -0.320. The van der Waals surface area contributed by atoms with Crippen LogP contribution in [0.1, 0.15) is 13.3 Å². The average Bonchev–Trinajstić information content (AvgIpc) is 2.30. The highest BCUT2D eigenvalue weighted by Gasteiger charge is 2.37. The number of nitrogens with one attached hydrogen (secondary N) is 1. The van der Waals surface area contributed by atoms with E-state index in [1.165, 1.54) is 0 Å². The fourth-order valence-electron chi connectivity index (χ4n) is 1.55. The monoisotopic (exact) mass is 195 g/mol. The third-order valence-corrected chi connectivity index (χ3v) is 2.21. The van der Waals surface area contributed by atoms with Crippen molar-refractivity contribution in [1.82, 2.24) is 5.32 Å². The van der Waals surface area contributed by atoms with Gasteiger partial charge in [0.15, 0.2) is 0 Å². The molecule has 72 valence electrons. The maximum atomic E-state index is 10.5. The molecule has 1 saturated heterocycles. The quantitative estimate of drug-likeness (QED) is 0.574. The Bertz CT molecular complexity index is 165. The molecule has 5 heteroatoms. The summed E-state index contributed by atoms with van der Waals surface area (Å²) in [7, 11) is 0. The molecule has 0 bridgehead atoms. The molecule has 1 heterocycles. The second-order valence-electron chi connectivity index (χ2n) is 2.86. The Balaban J connectivity index is 0.00000121. The van der Waals surface area contributed by atoms with E-state index in [0.717, 1.165) is 0 Å². The standard InChI is InChI=1S/C7H13NO3.ClH/c1-2-4-5(9)3-8-6(4)7(10)11;/h4-6,8-9H,2-3H2,1H3,(H,10,11);1H. The maximum Gasteiger partial charge on any atom is 0.321 e. The predicted octanol–water partition coefficient (Wildman–Crippen LogP) is -0.148. The first kappa shape index (κ1) is 11.7. The van der Waals surface area contributed by atoms with Gasteiger partial charge in [-0.3, -0.25) is 4.79 Å². The first-order valence-corrected chi connectivity index (χ1v) is 3.81. The van der Waals surface area contributed by atoms with Crippen LogP contribution >= 0.6 is 12.4 Å². The zero-order chi connectivity index (χ0) is 8.43. The van der Waals surface area contributed by atoms with Crippen molar-refractivity contribution in [3.63, 3.8) is 0 Å². The summed E-state index contributed by atoms with van der Waals surface area (Å²) in [6.07, 6.45) is 0.201. The Morgan fingerprint density at radius 1 is 1.67 bits per heavy atom. The van der Waals surface area contributed by atoms with Crippen LogP contribution in [0.15, 0.2) is 0 Å². The summed E-state index contributed by atoms with van der Waals surface area (Å²) in [5.41, 5.74) is 0. The molecule has 3 unspecified atom stereocenters. The summed E-state index contributed by atoms with van der Waals surface area (Å²) in [5, 5.41) is 20.7. The topological polar surface area (TPSA) is 69.6 Å². The van der Waals surface area contributed by atoms with E-state index in [1.54, 1.807) is 0 Å². The fourth-order valence-corrected chi connectivity index (χ4v) is 1.55. The van der Waals surface area contributed by atoms with Crippen LogP contribution < -0.4 is 5.32 Å². The van der Waals surface area contributed by atoms with E-state index < -0.39 is 18.1 Å². The number of hydrogen-bond acceptors (Lipinski definition) is 3. The predicted molar refractivity (Wildman–Crippen MR) is 46.5 cm³/mol. The number of aliphatic carboxylic acids is 1. The Morgan fingerprint density at radius 3 is 2.58 bits per heavy atom. The molecule has 1 fully saturated rings. The molecular weight excluding hydrogens is 182 g/mol. The fraction of sp³-hybridized carbons (Fsp3) is 0.857. The molecule has 0 saturated carbocycles. The van der Waals surface area contributed by atoms with Crippen molar-refractivity contribution in [2.75, 3.05) is 6.54 Å². The van der Waals surface area contributed by atoms with Gasteiger partial charge in [0.2, 0.25) is 0 Å². The van der Waals surface area contributed by atoms with Gasteiger partial charge in [0.05, 0.1) is 6.10 Å². The van der Waals surface area contributed by atoms with Gasteiger partial charge in [-0.05, 0) is 6.42 Å². The van der Waals surface area contributed by atoms with Crippen LogP contribution in [0.2, 0.25) is 0 Å². The molecule has 0 spiro atoms. The van der Waals surface area contributed by atoms with Crippen LogP contribution in [0.3, 0.4) is 0 Å². The zero-order valence-corrected chi connectivity index (χ0v) is 7.67. The normalized spacial score (nSPS) is 34.3. The van der Waals surface area contributed by atoms with Crippen molar-refractivity contribution in [3.05, 3.63) is 0 Å². The zero-order valence-electron chi connectivity index (χ0n) is 6.86. The van der Waals surface area contributed by atoms with Crippen LogP contribution in [0.25, 0.3) is 0 Å². The minimum atomic E-state index is -0.867. The van der Waals surface area contributed by atoms with Gasteiger partial charge in [0, 0.05) is 12.5 Å². The van der Waals surface area contributed by atoms with Crippen LogP contribution in [0.5, 0.6) is 0 Å². The highest BCUT2D eigenvalue weighted by molar-refractivity contribution is 5.85. The second kappa shape index (κ2) is 4.64. The molecule has 0 aromatic rings. The molecule has 0 aromatic carbocycles. The number of carboxylic acid groups (broad SMARTS) is 1. The van der Waals surface area contributed by atoms with E-state index in [-0.39, 0.29) is 18.3 Å². The molecule has 0 aromatic heterocycles. The number of rotatable bonds is 2. The van der Waals surface area contributed by atoms with Crippen LogP contribution in [-0.4, -0.2) is 34.9 Å². The third kappa shape index (κ3) is 2.09. The first-order valence-electron chi connectivity index (χ1n) is 3.81. The number of hydrogen-bond donors (Lipinski definition) is 3. The third-order valence-electron chi connectivity index (χ3n) is 2.21. The molecule has 0 amide bonds. The second-order valence-corrected chi connectivity index (χ2v) is 2.86. The SMILES string of the molecule is CCC1C(O)CNC1C(=O)O.Cl. The lowest BCUT2D eigenvalue weighted by atomic mass is 9.96. The van der Waals surface area contributed by atoms with Gasteiger partial charge in [-0.2, -0.15) is 0 Å². The lowest BCUT2D eigenvalue weighted by Gasteiger charge is -2.14. The van der Waals surface area contributed by atoms with E-state index in [2.05, 4.69) is 5.32 Å². The molecular formula is C7H14ClNO3. The van der Waals surface area contributed by atoms with Crippen LogP contribution in [0.4, 0.5) is 0 Å².